The molecule has 2 aromatic rings. The quantitative estimate of drug-likeness (QED) is 0.801. The van der Waals surface area contributed by atoms with E-state index in [0.29, 0.717) is 6.07 Å². The molecule has 20 heavy (non-hydrogen) atoms. The van der Waals surface area contributed by atoms with Crippen molar-refractivity contribution in [1.29, 1.82) is 0 Å². The van der Waals surface area contributed by atoms with Crippen molar-refractivity contribution in [3.63, 3.8) is 0 Å². The van der Waals surface area contributed by atoms with Crippen molar-refractivity contribution in [3.8, 4) is 0 Å². The molecule has 104 valence electrons. The molecule has 0 aliphatic rings. The van der Waals surface area contributed by atoms with Crippen LogP contribution in [-0.4, -0.2) is 5.91 Å². The second-order valence-corrected chi connectivity index (χ2v) is 4.71. The van der Waals surface area contributed by atoms with E-state index >= 15 is 0 Å². The van der Waals surface area contributed by atoms with Crippen LogP contribution in [0.15, 0.2) is 30.3 Å². The Morgan fingerprint density at radius 3 is 2.15 bits per heavy atom. The average molecular weight is 320 g/mol. The smallest absolute Gasteiger partial charge is 0.258 e. The first-order valence-corrected chi connectivity index (χ1v) is 6.05. The highest BCUT2D eigenvalue weighted by molar-refractivity contribution is 6.35. The van der Waals surface area contributed by atoms with E-state index in [0.717, 1.165) is 6.07 Å². The van der Waals surface area contributed by atoms with Gasteiger partial charge in [-0.2, -0.15) is 0 Å². The van der Waals surface area contributed by atoms with Gasteiger partial charge in [-0.05, 0) is 30.3 Å². The minimum Gasteiger partial charge on any atom is -0.322 e. The summed E-state index contributed by atoms with van der Waals surface area (Å²) in [6, 6.07) is 5.71. The van der Waals surface area contributed by atoms with Crippen LogP contribution in [0.5, 0.6) is 0 Å². The second-order valence-electron chi connectivity index (χ2n) is 3.84. The fourth-order valence-corrected chi connectivity index (χ4v) is 2.05. The third kappa shape index (κ3) is 3.05. The number of hydrogen-bond acceptors (Lipinski definition) is 1. The first kappa shape index (κ1) is 14.7. The van der Waals surface area contributed by atoms with Crippen molar-refractivity contribution in [2.24, 2.45) is 0 Å². The maximum atomic E-state index is 13.4. The molecule has 0 unspecified atom stereocenters. The summed E-state index contributed by atoms with van der Waals surface area (Å²) in [6.45, 7) is 0. The minimum absolute atomic E-state index is 0.205. The standard InChI is InChI=1S/C13H6Cl2F3NO/c14-6-3-7(15)5-8(4-6)19-13(20)9-1-2-10(16)12(18)11(9)17/h1-5H,(H,19,20). The van der Waals surface area contributed by atoms with E-state index in [-0.39, 0.29) is 15.7 Å². The fourth-order valence-electron chi connectivity index (χ4n) is 1.53. The van der Waals surface area contributed by atoms with E-state index in [1.807, 2.05) is 0 Å². The normalized spacial score (nSPS) is 10.4. The van der Waals surface area contributed by atoms with Crippen LogP contribution in [0.1, 0.15) is 10.4 Å². The van der Waals surface area contributed by atoms with Gasteiger partial charge in [0.25, 0.3) is 5.91 Å². The first-order chi connectivity index (χ1) is 9.38. The molecule has 2 rings (SSSR count). The topological polar surface area (TPSA) is 29.1 Å². The molecule has 0 saturated carbocycles. The molecule has 0 heterocycles. The molecule has 0 bridgehead atoms. The lowest BCUT2D eigenvalue weighted by molar-refractivity contribution is 0.102. The summed E-state index contributed by atoms with van der Waals surface area (Å²) in [5, 5.41) is 2.82. The monoisotopic (exact) mass is 319 g/mol. The number of carbonyl (C=O) groups is 1. The van der Waals surface area contributed by atoms with E-state index in [2.05, 4.69) is 5.32 Å². The lowest BCUT2D eigenvalue weighted by Crippen LogP contribution is -2.15. The number of benzene rings is 2. The molecule has 0 fully saturated rings. The lowest BCUT2D eigenvalue weighted by atomic mass is 10.1. The maximum absolute atomic E-state index is 13.4. The summed E-state index contributed by atoms with van der Waals surface area (Å²) in [5.41, 5.74) is -0.420. The zero-order chi connectivity index (χ0) is 14.9. The number of amides is 1. The van der Waals surface area contributed by atoms with Gasteiger partial charge in [0.15, 0.2) is 17.5 Å². The maximum Gasteiger partial charge on any atom is 0.258 e. The molecule has 0 aliphatic carbocycles. The van der Waals surface area contributed by atoms with Crippen LogP contribution >= 0.6 is 23.2 Å². The zero-order valence-corrected chi connectivity index (χ0v) is 11.2. The van der Waals surface area contributed by atoms with Gasteiger partial charge in [-0.15, -0.1) is 0 Å². The van der Waals surface area contributed by atoms with E-state index in [9.17, 15) is 18.0 Å². The van der Waals surface area contributed by atoms with Crippen LogP contribution in [0.2, 0.25) is 10.0 Å². The molecule has 2 nitrogen and oxygen atoms in total. The van der Waals surface area contributed by atoms with Crippen LogP contribution in [-0.2, 0) is 0 Å². The molecule has 0 aromatic heterocycles. The van der Waals surface area contributed by atoms with Gasteiger partial charge in [0.2, 0.25) is 0 Å². The third-order valence-electron chi connectivity index (χ3n) is 2.40. The van der Waals surface area contributed by atoms with Crippen LogP contribution in [0.25, 0.3) is 0 Å². The second kappa shape index (κ2) is 5.73. The summed E-state index contributed by atoms with van der Waals surface area (Å²) in [7, 11) is 0. The highest BCUT2D eigenvalue weighted by atomic mass is 35.5. The van der Waals surface area contributed by atoms with Crippen LogP contribution in [0.3, 0.4) is 0 Å². The Labute approximate surface area is 122 Å². The highest BCUT2D eigenvalue weighted by Gasteiger charge is 2.19. The van der Waals surface area contributed by atoms with Crippen molar-refractivity contribution in [2.45, 2.75) is 0 Å². The molecule has 1 N–H and O–H groups in total. The summed E-state index contributed by atoms with van der Waals surface area (Å²) in [5.74, 6) is -5.58. The third-order valence-corrected chi connectivity index (χ3v) is 2.84. The molecule has 0 aliphatic heterocycles. The average Bonchev–Trinajstić information content (AvgIpc) is 2.34. The predicted octanol–water partition coefficient (Wildman–Crippen LogP) is 4.66. The number of halogens is 5. The molecule has 0 radical (unpaired) electrons. The Morgan fingerprint density at radius 1 is 0.950 bits per heavy atom. The van der Waals surface area contributed by atoms with Crippen LogP contribution in [0.4, 0.5) is 18.9 Å². The predicted molar refractivity (Wildman–Crippen MR) is 70.7 cm³/mol. The van der Waals surface area contributed by atoms with Crippen molar-refractivity contribution >= 4 is 34.8 Å². The first-order valence-electron chi connectivity index (χ1n) is 5.29. The van der Waals surface area contributed by atoms with Gasteiger partial charge in [-0.1, -0.05) is 23.2 Å². The number of nitrogens with one attached hydrogen (secondary N) is 1. The Hall–Kier alpha value is -1.72. The number of rotatable bonds is 2. The number of anilines is 1. The van der Waals surface area contributed by atoms with Gasteiger partial charge >= 0.3 is 0 Å². The van der Waals surface area contributed by atoms with Gasteiger partial charge in [0.05, 0.1) is 5.56 Å². The van der Waals surface area contributed by atoms with Crippen molar-refractivity contribution in [2.75, 3.05) is 5.32 Å². The Bertz CT molecular complexity index is 671. The van der Waals surface area contributed by atoms with Crippen LogP contribution in [0, 0.1) is 17.5 Å². The largest absolute Gasteiger partial charge is 0.322 e. The van der Waals surface area contributed by atoms with Gasteiger partial charge < -0.3 is 5.32 Å². The summed E-state index contributed by atoms with van der Waals surface area (Å²) in [6.07, 6.45) is 0. The SMILES string of the molecule is O=C(Nc1cc(Cl)cc(Cl)c1)c1ccc(F)c(F)c1F. The Balaban J connectivity index is 2.31. The molecule has 1 amide bonds. The van der Waals surface area contributed by atoms with Crippen LogP contribution < -0.4 is 5.32 Å². The molecule has 0 saturated heterocycles. The molecular formula is C13H6Cl2F3NO. The Kier molecular flexibility index (Phi) is 4.20. The highest BCUT2D eigenvalue weighted by Crippen LogP contribution is 2.23. The van der Waals surface area contributed by atoms with Crippen molar-refractivity contribution < 1.29 is 18.0 Å². The molecule has 7 heteroatoms. The molecule has 0 atom stereocenters. The summed E-state index contributed by atoms with van der Waals surface area (Å²) in [4.78, 5) is 11.8. The van der Waals surface area contributed by atoms with E-state index < -0.39 is 28.9 Å². The zero-order valence-electron chi connectivity index (χ0n) is 9.68. The van der Waals surface area contributed by atoms with E-state index in [1.165, 1.54) is 18.2 Å². The van der Waals surface area contributed by atoms with E-state index in [1.54, 1.807) is 0 Å². The molecular weight excluding hydrogens is 314 g/mol. The van der Waals surface area contributed by atoms with Gasteiger partial charge in [-0.25, -0.2) is 13.2 Å². The Morgan fingerprint density at radius 2 is 1.55 bits per heavy atom. The summed E-state index contributed by atoms with van der Waals surface area (Å²) >= 11 is 11.5. The lowest BCUT2D eigenvalue weighted by Gasteiger charge is -2.08. The van der Waals surface area contributed by atoms with Gasteiger partial charge in [-0.3, -0.25) is 4.79 Å². The molecule has 2 aromatic carbocycles. The van der Waals surface area contributed by atoms with Crippen molar-refractivity contribution in [1.82, 2.24) is 0 Å². The summed E-state index contributed by atoms with van der Waals surface area (Å²) < 4.78 is 39.3. The number of hydrogen-bond donors (Lipinski definition) is 1. The van der Waals surface area contributed by atoms with Gasteiger partial charge in [0.1, 0.15) is 0 Å². The fraction of sp³-hybridized carbons (Fsp3) is 0. The number of carbonyl (C=O) groups excluding carboxylic acids is 1. The van der Waals surface area contributed by atoms with Gasteiger partial charge in [0, 0.05) is 15.7 Å². The molecule has 0 spiro atoms. The minimum atomic E-state index is -1.71. The van der Waals surface area contributed by atoms with E-state index in [4.69, 9.17) is 23.2 Å². The van der Waals surface area contributed by atoms with Crippen molar-refractivity contribution in [3.05, 3.63) is 63.4 Å².